The standard InChI is InChI=1S/C13H15N3OS/c1-8-4-5-14-12(9(8)2)13(17)16-7-11-6-15-10(3)18-11/h4-6H,7H2,1-3H3,(H,16,17). The summed E-state index contributed by atoms with van der Waals surface area (Å²) >= 11 is 1.59. The molecule has 1 N–H and O–H groups in total. The number of hydrogen-bond donors (Lipinski definition) is 1. The highest BCUT2D eigenvalue weighted by atomic mass is 32.1. The van der Waals surface area contributed by atoms with Crippen LogP contribution in [0.4, 0.5) is 0 Å². The molecule has 1 amide bonds. The van der Waals surface area contributed by atoms with Crippen LogP contribution in [0.3, 0.4) is 0 Å². The third-order valence-electron chi connectivity index (χ3n) is 2.78. The molecule has 0 saturated carbocycles. The number of aromatic nitrogens is 2. The van der Waals surface area contributed by atoms with Crippen molar-refractivity contribution in [3.63, 3.8) is 0 Å². The molecule has 0 aliphatic heterocycles. The van der Waals surface area contributed by atoms with E-state index in [1.54, 1.807) is 23.7 Å². The summed E-state index contributed by atoms with van der Waals surface area (Å²) in [5.74, 6) is -0.137. The largest absolute Gasteiger partial charge is 0.346 e. The average molecular weight is 261 g/mol. The van der Waals surface area contributed by atoms with Crippen LogP contribution in [0.25, 0.3) is 0 Å². The van der Waals surface area contributed by atoms with Gasteiger partial charge in [-0.15, -0.1) is 11.3 Å². The molecular formula is C13H15N3OS. The minimum absolute atomic E-state index is 0.137. The zero-order valence-corrected chi connectivity index (χ0v) is 11.5. The molecule has 94 valence electrons. The first kappa shape index (κ1) is 12.7. The molecule has 0 unspecified atom stereocenters. The lowest BCUT2D eigenvalue weighted by Gasteiger charge is -2.07. The third-order valence-corrected chi connectivity index (χ3v) is 3.70. The van der Waals surface area contributed by atoms with E-state index in [0.29, 0.717) is 12.2 Å². The predicted molar refractivity (Wildman–Crippen MR) is 71.7 cm³/mol. The van der Waals surface area contributed by atoms with Crippen LogP contribution in [0.1, 0.15) is 31.5 Å². The minimum atomic E-state index is -0.137. The highest BCUT2D eigenvalue weighted by Gasteiger charge is 2.11. The quantitative estimate of drug-likeness (QED) is 0.923. The van der Waals surface area contributed by atoms with Gasteiger partial charge < -0.3 is 5.32 Å². The molecule has 0 spiro atoms. The van der Waals surface area contributed by atoms with E-state index < -0.39 is 0 Å². The van der Waals surface area contributed by atoms with Gasteiger partial charge in [0.15, 0.2) is 0 Å². The van der Waals surface area contributed by atoms with E-state index in [1.807, 2.05) is 26.8 Å². The Morgan fingerprint density at radius 1 is 1.33 bits per heavy atom. The maximum Gasteiger partial charge on any atom is 0.270 e. The number of hydrogen-bond acceptors (Lipinski definition) is 4. The molecule has 5 heteroatoms. The maximum atomic E-state index is 12.0. The first-order valence-corrected chi connectivity index (χ1v) is 6.51. The summed E-state index contributed by atoms with van der Waals surface area (Å²) in [6.07, 6.45) is 3.45. The molecule has 0 fully saturated rings. The molecule has 0 saturated heterocycles. The second-order valence-electron chi connectivity index (χ2n) is 4.13. The van der Waals surface area contributed by atoms with Crippen molar-refractivity contribution >= 4 is 17.2 Å². The zero-order chi connectivity index (χ0) is 13.1. The monoisotopic (exact) mass is 261 g/mol. The number of amides is 1. The normalized spacial score (nSPS) is 10.4. The number of carbonyl (C=O) groups is 1. The van der Waals surface area contributed by atoms with Gasteiger partial charge in [0, 0.05) is 17.3 Å². The van der Waals surface area contributed by atoms with E-state index in [-0.39, 0.29) is 5.91 Å². The SMILES string of the molecule is Cc1ncc(CNC(=O)c2nccc(C)c2C)s1. The van der Waals surface area contributed by atoms with Crippen molar-refractivity contribution < 1.29 is 4.79 Å². The molecule has 18 heavy (non-hydrogen) atoms. The van der Waals surface area contributed by atoms with Crippen LogP contribution in [0.15, 0.2) is 18.5 Å². The summed E-state index contributed by atoms with van der Waals surface area (Å²) in [4.78, 5) is 21.3. The van der Waals surface area contributed by atoms with Gasteiger partial charge in [-0.1, -0.05) is 0 Å². The van der Waals surface area contributed by atoms with Gasteiger partial charge in [-0.3, -0.25) is 9.78 Å². The molecule has 0 aromatic carbocycles. The van der Waals surface area contributed by atoms with Crippen LogP contribution in [0.5, 0.6) is 0 Å². The van der Waals surface area contributed by atoms with E-state index in [1.165, 1.54) is 0 Å². The lowest BCUT2D eigenvalue weighted by atomic mass is 10.1. The number of pyridine rings is 1. The van der Waals surface area contributed by atoms with E-state index in [4.69, 9.17) is 0 Å². The van der Waals surface area contributed by atoms with Crippen LogP contribution in [0, 0.1) is 20.8 Å². The van der Waals surface area contributed by atoms with Gasteiger partial charge in [-0.25, -0.2) is 4.98 Å². The Hall–Kier alpha value is -1.75. The van der Waals surface area contributed by atoms with Crippen molar-refractivity contribution in [1.29, 1.82) is 0 Å². The number of nitrogens with zero attached hydrogens (tertiary/aromatic N) is 2. The van der Waals surface area contributed by atoms with Gasteiger partial charge in [-0.05, 0) is 38.0 Å². The van der Waals surface area contributed by atoms with E-state index in [0.717, 1.165) is 21.0 Å². The molecule has 0 bridgehead atoms. The zero-order valence-electron chi connectivity index (χ0n) is 10.7. The number of thiazole rings is 1. The van der Waals surface area contributed by atoms with Gasteiger partial charge in [0.1, 0.15) is 5.69 Å². The fraction of sp³-hybridized carbons (Fsp3) is 0.308. The molecule has 2 rings (SSSR count). The summed E-state index contributed by atoms with van der Waals surface area (Å²) in [5, 5.41) is 3.87. The summed E-state index contributed by atoms with van der Waals surface area (Å²) in [5.41, 5.74) is 2.50. The van der Waals surface area contributed by atoms with Gasteiger partial charge in [0.05, 0.1) is 11.6 Å². The Balaban J connectivity index is 2.06. The lowest BCUT2D eigenvalue weighted by Crippen LogP contribution is -2.24. The highest BCUT2D eigenvalue weighted by molar-refractivity contribution is 7.11. The van der Waals surface area contributed by atoms with Crippen molar-refractivity contribution in [2.75, 3.05) is 0 Å². The smallest absolute Gasteiger partial charge is 0.270 e. The van der Waals surface area contributed by atoms with Crippen molar-refractivity contribution in [2.45, 2.75) is 27.3 Å². The predicted octanol–water partition coefficient (Wildman–Crippen LogP) is 2.39. The Kier molecular flexibility index (Phi) is 3.72. The second-order valence-corrected chi connectivity index (χ2v) is 5.45. The molecule has 0 aliphatic carbocycles. The topological polar surface area (TPSA) is 54.9 Å². The van der Waals surface area contributed by atoms with Gasteiger partial charge in [0.2, 0.25) is 0 Å². The van der Waals surface area contributed by atoms with Crippen LogP contribution >= 0.6 is 11.3 Å². The Bertz CT molecular complexity index is 577. The molecule has 0 radical (unpaired) electrons. The average Bonchev–Trinajstić information content (AvgIpc) is 2.76. The summed E-state index contributed by atoms with van der Waals surface area (Å²) in [6.45, 7) is 6.33. The molecule has 2 aromatic heterocycles. The number of aryl methyl sites for hydroxylation is 2. The summed E-state index contributed by atoms with van der Waals surface area (Å²) in [7, 11) is 0. The Morgan fingerprint density at radius 2 is 2.11 bits per heavy atom. The fourth-order valence-electron chi connectivity index (χ4n) is 1.60. The lowest BCUT2D eigenvalue weighted by molar-refractivity contribution is 0.0945. The highest BCUT2D eigenvalue weighted by Crippen LogP contribution is 2.12. The van der Waals surface area contributed by atoms with E-state index in [9.17, 15) is 4.79 Å². The van der Waals surface area contributed by atoms with Gasteiger partial charge >= 0.3 is 0 Å². The molecular weight excluding hydrogens is 246 g/mol. The molecule has 4 nitrogen and oxygen atoms in total. The van der Waals surface area contributed by atoms with Crippen LogP contribution < -0.4 is 5.32 Å². The van der Waals surface area contributed by atoms with Gasteiger partial charge in [-0.2, -0.15) is 0 Å². The molecule has 2 aromatic rings. The van der Waals surface area contributed by atoms with Crippen molar-refractivity contribution in [3.8, 4) is 0 Å². The minimum Gasteiger partial charge on any atom is -0.346 e. The van der Waals surface area contributed by atoms with Crippen molar-refractivity contribution in [2.24, 2.45) is 0 Å². The third kappa shape index (κ3) is 2.73. The number of nitrogens with one attached hydrogen (secondary N) is 1. The first-order valence-electron chi connectivity index (χ1n) is 5.69. The molecule has 0 aliphatic rings. The summed E-state index contributed by atoms with van der Waals surface area (Å²) < 4.78 is 0. The van der Waals surface area contributed by atoms with Crippen LogP contribution in [-0.2, 0) is 6.54 Å². The maximum absolute atomic E-state index is 12.0. The number of carbonyl (C=O) groups excluding carboxylic acids is 1. The fourth-order valence-corrected chi connectivity index (χ4v) is 2.33. The van der Waals surface area contributed by atoms with E-state index >= 15 is 0 Å². The van der Waals surface area contributed by atoms with Crippen molar-refractivity contribution in [3.05, 3.63) is 45.2 Å². The van der Waals surface area contributed by atoms with Crippen molar-refractivity contribution in [1.82, 2.24) is 15.3 Å². The molecule has 0 atom stereocenters. The van der Waals surface area contributed by atoms with Crippen LogP contribution in [-0.4, -0.2) is 15.9 Å². The van der Waals surface area contributed by atoms with Crippen LogP contribution in [0.2, 0.25) is 0 Å². The second kappa shape index (κ2) is 5.27. The Morgan fingerprint density at radius 3 is 2.78 bits per heavy atom. The first-order chi connectivity index (χ1) is 8.58. The van der Waals surface area contributed by atoms with Gasteiger partial charge in [0.25, 0.3) is 5.91 Å². The van der Waals surface area contributed by atoms with E-state index in [2.05, 4.69) is 15.3 Å². The number of rotatable bonds is 3. The molecule has 2 heterocycles. The summed E-state index contributed by atoms with van der Waals surface area (Å²) in [6, 6.07) is 1.90. The Labute approximate surface area is 110 Å².